The van der Waals surface area contributed by atoms with Crippen LogP contribution in [0.25, 0.3) is 0 Å². The van der Waals surface area contributed by atoms with E-state index < -0.39 is 0 Å². The normalized spacial score (nSPS) is 10.5. The van der Waals surface area contributed by atoms with Gasteiger partial charge >= 0.3 is 5.97 Å². The van der Waals surface area contributed by atoms with E-state index in [0.717, 1.165) is 5.76 Å². The third-order valence-electron chi connectivity index (χ3n) is 1.91. The van der Waals surface area contributed by atoms with Crippen LogP contribution in [0.4, 0.5) is 0 Å². The first-order chi connectivity index (χ1) is 6.06. The van der Waals surface area contributed by atoms with Gasteiger partial charge in [-0.2, -0.15) is 0 Å². The van der Waals surface area contributed by atoms with Gasteiger partial charge in [0.2, 0.25) is 0 Å². The summed E-state index contributed by atoms with van der Waals surface area (Å²) in [7, 11) is 1.36. The van der Waals surface area contributed by atoms with E-state index in [4.69, 9.17) is 4.42 Å². The van der Waals surface area contributed by atoms with E-state index in [1.54, 1.807) is 13.0 Å². The van der Waals surface area contributed by atoms with Crippen molar-refractivity contribution in [1.29, 1.82) is 0 Å². The molecule has 0 atom stereocenters. The maximum absolute atomic E-state index is 11.2. The number of hydrogen-bond donors (Lipinski definition) is 0. The van der Waals surface area contributed by atoms with Crippen LogP contribution in [0.3, 0.4) is 0 Å². The van der Waals surface area contributed by atoms with Gasteiger partial charge in [0.1, 0.15) is 17.1 Å². The van der Waals surface area contributed by atoms with Gasteiger partial charge in [0.25, 0.3) is 0 Å². The molecule has 1 heterocycles. The monoisotopic (exact) mass is 182 g/mol. The van der Waals surface area contributed by atoms with Crippen molar-refractivity contribution in [2.45, 2.75) is 26.7 Å². The van der Waals surface area contributed by atoms with Crippen molar-refractivity contribution >= 4 is 5.97 Å². The van der Waals surface area contributed by atoms with Crippen LogP contribution in [-0.4, -0.2) is 13.1 Å². The molecule has 0 aromatic carbocycles. The molecule has 3 nitrogen and oxygen atoms in total. The second kappa shape index (κ2) is 3.64. The topological polar surface area (TPSA) is 39.4 Å². The minimum Gasteiger partial charge on any atom is -0.465 e. The van der Waals surface area contributed by atoms with E-state index in [1.165, 1.54) is 7.11 Å². The number of hydrogen-bond acceptors (Lipinski definition) is 3. The van der Waals surface area contributed by atoms with E-state index in [-0.39, 0.29) is 11.9 Å². The number of rotatable bonds is 2. The fourth-order valence-electron chi connectivity index (χ4n) is 1.10. The number of carbonyl (C=O) groups excluding carboxylic acids is 1. The molecule has 0 aliphatic rings. The number of aryl methyl sites for hydroxylation is 1. The summed E-state index contributed by atoms with van der Waals surface area (Å²) in [6.45, 7) is 5.79. The summed E-state index contributed by atoms with van der Waals surface area (Å²) in [6, 6.07) is 1.74. The van der Waals surface area contributed by atoms with Gasteiger partial charge in [-0.1, -0.05) is 13.8 Å². The first kappa shape index (κ1) is 9.84. The predicted octanol–water partition coefficient (Wildman–Crippen LogP) is 2.50. The van der Waals surface area contributed by atoms with Crippen molar-refractivity contribution in [1.82, 2.24) is 0 Å². The molecule has 1 aromatic rings. The van der Waals surface area contributed by atoms with Gasteiger partial charge in [-0.15, -0.1) is 0 Å². The van der Waals surface area contributed by atoms with Crippen LogP contribution in [0.5, 0.6) is 0 Å². The summed E-state index contributed by atoms with van der Waals surface area (Å²) in [5, 5.41) is 0. The standard InChI is InChI=1S/C10H14O3/c1-6(2)9-5-8(7(3)13-9)10(11)12-4/h5-6H,1-4H3. The molecule has 0 aliphatic carbocycles. The number of carbonyl (C=O) groups is 1. The van der Waals surface area contributed by atoms with Crippen LogP contribution in [0.2, 0.25) is 0 Å². The van der Waals surface area contributed by atoms with Gasteiger partial charge < -0.3 is 9.15 Å². The van der Waals surface area contributed by atoms with E-state index in [2.05, 4.69) is 4.74 Å². The van der Waals surface area contributed by atoms with E-state index in [9.17, 15) is 4.79 Å². The second-order valence-corrected chi connectivity index (χ2v) is 3.26. The van der Waals surface area contributed by atoms with Crippen LogP contribution in [0.15, 0.2) is 10.5 Å². The van der Waals surface area contributed by atoms with Crippen molar-refractivity contribution in [3.63, 3.8) is 0 Å². The fourth-order valence-corrected chi connectivity index (χ4v) is 1.10. The van der Waals surface area contributed by atoms with Crippen LogP contribution < -0.4 is 0 Å². The summed E-state index contributed by atoms with van der Waals surface area (Å²) in [5.41, 5.74) is 0.520. The zero-order valence-electron chi connectivity index (χ0n) is 8.38. The zero-order chi connectivity index (χ0) is 10.0. The Morgan fingerprint density at radius 2 is 2.15 bits per heavy atom. The molecule has 1 aromatic heterocycles. The highest BCUT2D eigenvalue weighted by atomic mass is 16.5. The van der Waals surface area contributed by atoms with Gasteiger partial charge in [-0.3, -0.25) is 0 Å². The minimum atomic E-state index is -0.340. The lowest BCUT2D eigenvalue weighted by molar-refractivity contribution is 0.0599. The van der Waals surface area contributed by atoms with Crippen LogP contribution in [0.1, 0.15) is 41.6 Å². The van der Waals surface area contributed by atoms with Gasteiger partial charge in [0.05, 0.1) is 7.11 Å². The summed E-state index contributed by atoms with van der Waals surface area (Å²) < 4.78 is 10.0. The van der Waals surface area contributed by atoms with Crippen LogP contribution in [0, 0.1) is 6.92 Å². The molecule has 0 aliphatic heterocycles. The van der Waals surface area contributed by atoms with Crippen molar-refractivity contribution in [2.75, 3.05) is 7.11 Å². The molecule has 0 bridgehead atoms. The third kappa shape index (κ3) is 1.91. The lowest BCUT2D eigenvalue weighted by atomic mass is 10.1. The lowest BCUT2D eigenvalue weighted by Gasteiger charge is -1.95. The summed E-state index contributed by atoms with van der Waals surface area (Å²) >= 11 is 0. The highest BCUT2D eigenvalue weighted by molar-refractivity contribution is 5.90. The number of furan rings is 1. The van der Waals surface area contributed by atoms with Crippen molar-refractivity contribution in [3.05, 3.63) is 23.2 Å². The molecular formula is C10H14O3. The Labute approximate surface area is 77.7 Å². The maximum Gasteiger partial charge on any atom is 0.341 e. The largest absolute Gasteiger partial charge is 0.465 e. The summed E-state index contributed by atoms with van der Waals surface area (Å²) in [4.78, 5) is 11.2. The van der Waals surface area contributed by atoms with E-state index in [0.29, 0.717) is 11.3 Å². The first-order valence-electron chi connectivity index (χ1n) is 4.25. The molecule has 72 valence electrons. The maximum atomic E-state index is 11.2. The number of ether oxygens (including phenoxy) is 1. The molecule has 0 unspecified atom stereocenters. The molecular weight excluding hydrogens is 168 g/mol. The fraction of sp³-hybridized carbons (Fsp3) is 0.500. The summed E-state index contributed by atoms with van der Waals surface area (Å²) in [6.07, 6.45) is 0. The van der Waals surface area contributed by atoms with Gasteiger partial charge in [0, 0.05) is 5.92 Å². The van der Waals surface area contributed by atoms with Gasteiger partial charge in [0.15, 0.2) is 0 Å². The minimum absolute atomic E-state index is 0.289. The number of methoxy groups -OCH3 is 1. The third-order valence-corrected chi connectivity index (χ3v) is 1.91. The molecule has 0 radical (unpaired) electrons. The molecule has 0 fully saturated rings. The van der Waals surface area contributed by atoms with Crippen LogP contribution in [-0.2, 0) is 4.74 Å². The molecule has 0 saturated carbocycles. The van der Waals surface area contributed by atoms with Gasteiger partial charge in [-0.05, 0) is 13.0 Å². The molecule has 0 N–H and O–H groups in total. The number of esters is 1. The average molecular weight is 182 g/mol. The Morgan fingerprint density at radius 3 is 2.54 bits per heavy atom. The summed E-state index contributed by atoms with van der Waals surface area (Å²) in [5.74, 6) is 1.39. The van der Waals surface area contributed by atoms with Crippen molar-refractivity contribution in [2.24, 2.45) is 0 Å². The Bertz CT molecular complexity index is 310. The predicted molar refractivity (Wildman–Crippen MR) is 48.9 cm³/mol. The molecule has 1 rings (SSSR count). The Morgan fingerprint density at radius 1 is 1.54 bits per heavy atom. The first-order valence-corrected chi connectivity index (χ1v) is 4.25. The highest BCUT2D eigenvalue weighted by Gasteiger charge is 2.16. The van der Waals surface area contributed by atoms with E-state index >= 15 is 0 Å². The molecule has 0 amide bonds. The smallest absolute Gasteiger partial charge is 0.341 e. The Kier molecular flexibility index (Phi) is 2.76. The SMILES string of the molecule is COC(=O)c1cc(C(C)C)oc1C. The molecule has 0 saturated heterocycles. The Balaban J connectivity index is 3.03. The zero-order valence-corrected chi connectivity index (χ0v) is 8.38. The van der Waals surface area contributed by atoms with Crippen molar-refractivity contribution < 1.29 is 13.9 Å². The quantitative estimate of drug-likeness (QED) is 0.659. The lowest BCUT2D eigenvalue weighted by Crippen LogP contribution is -2.00. The second-order valence-electron chi connectivity index (χ2n) is 3.26. The van der Waals surface area contributed by atoms with Crippen molar-refractivity contribution in [3.8, 4) is 0 Å². The molecule has 3 heteroatoms. The Hall–Kier alpha value is -1.25. The van der Waals surface area contributed by atoms with Gasteiger partial charge in [-0.25, -0.2) is 4.79 Å². The molecule has 0 spiro atoms. The average Bonchev–Trinajstić information content (AvgIpc) is 2.46. The highest BCUT2D eigenvalue weighted by Crippen LogP contribution is 2.21. The van der Waals surface area contributed by atoms with E-state index in [1.807, 2.05) is 13.8 Å². The molecule has 13 heavy (non-hydrogen) atoms. The van der Waals surface area contributed by atoms with Crippen LogP contribution >= 0.6 is 0 Å².